The Bertz CT molecular complexity index is 425. The third kappa shape index (κ3) is 3.93. The lowest BCUT2D eigenvalue weighted by Gasteiger charge is -2.24. The smallest absolute Gasteiger partial charge is 0.263 e. The molecule has 0 spiro atoms. The highest BCUT2D eigenvalue weighted by atomic mass is 16.5. The molecule has 1 amide bonds. The molecule has 5 nitrogen and oxygen atoms in total. The van der Waals surface area contributed by atoms with Gasteiger partial charge in [0.15, 0.2) is 6.10 Å². The SMILES string of the molecule is CC(Oc1ccc(CN)nc1)C(=O)N1CCCCCC1. The van der Waals surface area contributed by atoms with Crippen molar-refractivity contribution < 1.29 is 9.53 Å². The number of hydrogen-bond donors (Lipinski definition) is 1. The van der Waals surface area contributed by atoms with E-state index in [1.165, 1.54) is 12.8 Å². The summed E-state index contributed by atoms with van der Waals surface area (Å²) in [6, 6.07) is 3.62. The van der Waals surface area contributed by atoms with Gasteiger partial charge in [-0.25, -0.2) is 0 Å². The average molecular weight is 277 g/mol. The molecule has 1 aromatic rings. The number of amides is 1. The molecule has 1 atom stereocenters. The Morgan fingerprint density at radius 1 is 1.35 bits per heavy atom. The zero-order chi connectivity index (χ0) is 14.4. The summed E-state index contributed by atoms with van der Waals surface area (Å²) in [6.45, 7) is 3.89. The first-order valence-corrected chi connectivity index (χ1v) is 7.31. The molecule has 0 aliphatic carbocycles. The normalized spacial score (nSPS) is 17.4. The monoisotopic (exact) mass is 277 g/mol. The van der Waals surface area contributed by atoms with E-state index in [9.17, 15) is 4.79 Å². The molecule has 1 aliphatic rings. The topological polar surface area (TPSA) is 68.5 Å². The Labute approximate surface area is 120 Å². The first kappa shape index (κ1) is 14.8. The van der Waals surface area contributed by atoms with E-state index in [-0.39, 0.29) is 5.91 Å². The summed E-state index contributed by atoms with van der Waals surface area (Å²) >= 11 is 0. The second-order valence-electron chi connectivity index (χ2n) is 5.19. The van der Waals surface area contributed by atoms with E-state index in [1.807, 2.05) is 11.0 Å². The fraction of sp³-hybridized carbons (Fsp3) is 0.600. The summed E-state index contributed by atoms with van der Waals surface area (Å²) in [6.07, 6.45) is 5.75. The molecule has 0 radical (unpaired) electrons. The maximum Gasteiger partial charge on any atom is 0.263 e. The third-order valence-corrected chi connectivity index (χ3v) is 3.59. The maximum atomic E-state index is 12.3. The Balaban J connectivity index is 1.92. The molecule has 0 bridgehead atoms. The number of nitrogens with zero attached hydrogens (tertiary/aromatic N) is 2. The minimum absolute atomic E-state index is 0.0646. The van der Waals surface area contributed by atoms with Crippen molar-refractivity contribution in [2.75, 3.05) is 13.1 Å². The highest BCUT2D eigenvalue weighted by Crippen LogP contribution is 2.15. The van der Waals surface area contributed by atoms with Gasteiger partial charge in [0.05, 0.1) is 11.9 Å². The Morgan fingerprint density at radius 3 is 2.60 bits per heavy atom. The van der Waals surface area contributed by atoms with E-state index in [2.05, 4.69) is 4.98 Å². The van der Waals surface area contributed by atoms with Crippen molar-refractivity contribution in [1.29, 1.82) is 0 Å². The molecule has 1 saturated heterocycles. The van der Waals surface area contributed by atoms with Gasteiger partial charge in [0.2, 0.25) is 0 Å². The molecule has 2 N–H and O–H groups in total. The summed E-state index contributed by atoms with van der Waals surface area (Å²) in [5.74, 6) is 0.674. The molecule has 0 saturated carbocycles. The molecule has 0 aromatic carbocycles. The molecular weight excluding hydrogens is 254 g/mol. The number of nitrogens with two attached hydrogens (primary N) is 1. The first-order valence-electron chi connectivity index (χ1n) is 7.31. The standard InChI is InChI=1S/C15H23N3O2/c1-12(15(19)18-8-4-2-3-5-9-18)20-14-7-6-13(10-16)17-11-14/h6-7,11-12H,2-5,8-10,16H2,1H3. The van der Waals surface area contributed by atoms with Crippen molar-refractivity contribution >= 4 is 5.91 Å². The minimum Gasteiger partial charge on any atom is -0.479 e. The van der Waals surface area contributed by atoms with Crippen molar-refractivity contribution in [3.8, 4) is 5.75 Å². The van der Waals surface area contributed by atoms with Gasteiger partial charge in [-0.15, -0.1) is 0 Å². The largest absolute Gasteiger partial charge is 0.479 e. The van der Waals surface area contributed by atoms with Crippen LogP contribution in [0.5, 0.6) is 5.75 Å². The quantitative estimate of drug-likeness (QED) is 0.909. The van der Waals surface area contributed by atoms with Gasteiger partial charge in [0.25, 0.3) is 5.91 Å². The molecule has 1 aromatic heterocycles. The van der Waals surface area contributed by atoms with Crippen LogP contribution in [-0.4, -0.2) is 35.0 Å². The highest BCUT2D eigenvalue weighted by molar-refractivity contribution is 5.80. The van der Waals surface area contributed by atoms with E-state index < -0.39 is 6.10 Å². The predicted octanol–water partition coefficient (Wildman–Crippen LogP) is 1.71. The van der Waals surface area contributed by atoms with Gasteiger partial charge in [-0.2, -0.15) is 0 Å². The number of likely N-dealkylation sites (tertiary alicyclic amines) is 1. The van der Waals surface area contributed by atoms with E-state index >= 15 is 0 Å². The Kier molecular flexibility index (Phi) is 5.35. The Morgan fingerprint density at radius 2 is 2.05 bits per heavy atom. The summed E-state index contributed by atoms with van der Waals surface area (Å²) < 4.78 is 5.68. The summed E-state index contributed by atoms with van der Waals surface area (Å²) in [5, 5.41) is 0. The third-order valence-electron chi connectivity index (χ3n) is 3.59. The number of ether oxygens (including phenoxy) is 1. The van der Waals surface area contributed by atoms with Crippen LogP contribution in [-0.2, 0) is 11.3 Å². The van der Waals surface area contributed by atoms with Gasteiger partial charge in [-0.05, 0) is 31.9 Å². The number of aromatic nitrogens is 1. The zero-order valence-electron chi connectivity index (χ0n) is 12.0. The van der Waals surface area contributed by atoms with Crippen molar-refractivity contribution in [3.63, 3.8) is 0 Å². The van der Waals surface area contributed by atoms with E-state index in [0.29, 0.717) is 12.3 Å². The average Bonchev–Trinajstić information content (AvgIpc) is 2.76. The number of rotatable bonds is 4. The highest BCUT2D eigenvalue weighted by Gasteiger charge is 2.22. The fourth-order valence-electron chi connectivity index (χ4n) is 2.40. The van der Waals surface area contributed by atoms with Crippen molar-refractivity contribution in [2.45, 2.75) is 45.3 Å². The lowest BCUT2D eigenvalue weighted by Crippen LogP contribution is -2.41. The second-order valence-corrected chi connectivity index (χ2v) is 5.19. The van der Waals surface area contributed by atoms with Gasteiger partial charge >= 0.3 is 0 Å². The van der Waals surface area contributed by atoms with Gasteiger partial charge in [-0.1, -0.05) is 12.8 Å². The van der Waals surface area contributed by atoms with Crippen LogP contribution in [0.3, 0.4) is 0 Å². The number of pyridine rings is 1. The van der Waals surface area contributed by atoms with Gasteiger partial charge < -0.3 is 15.4 Å². The van der Waals surface area contributed by atoms with Gasteiger partial charge in [-0.3, -0.25) is 9.78 Å². The van der Waals surface area contributed by atoms with E-state index in [0.717, 1.165) is 31.6 Å². The maximum absolute atomic E-state index is 12.3. The van der Waals surface area contributed by atoms with Gasteiger partial charge in [0, 0.05) is 19.6 Å². The lowest BCUT2D eigenvalue weighted by molar-refractivity contribution is -0.137. The van der Waals surface area contributed by atoms with Crippen molar-refractivity contribution in [2.24, 2.45) is 5.73 Å². The Hall–Kier alpha value is -1.62. The summed E-state index contributed by atoms with van der Waals surface area (Å²) in [4.78, 5) is 18.4. The molecule has 1 fully saturated rings. The second kappa shape index (κ2) is 7.24. The molecule has 1 aliphatic heterocycles. The van der Waals surface area contributed by atoms with Crippen LogP contribution in [0.2, 0.25) is 0 Å². The molecular formula is C15H23N3O2. The molecule has 110 valence electrons. The number of carbonyl (C=O) groups is 1. The van der Waals surface area contributed by atoms with Crippen LogP contribution in [0.15, 0.2) is 18.3 Å². The molecule has 5 heteroatoms. The van der Waals surface area contributed by atoms with Crippen molar-refractivity contribution in [3.05, 3.63) is 24.0 Å². The minimum atomic E-state index is -0.473. The van der Waals surface area contributed by atoms with Crippen LogP contribution in [0.25, 0.3) is 0 Å². The molecule has 2 rings (SSSR count). The van der Waals surface area contributed by atoms with Crippen LogP contribution >= 0.6 is 0 Å². The zero-order valence-corrected chi connectivity index (χ0v) is 12.0. The van der Waals surface area contributed by atoms with Crippen LogP contribution in [0.4, 0.5) is 0 Å². The lowest BCUT2D eigenvalue weighted by atomic mass is 10.2. The number of hydrogen-bond acceptors (Lipinski definition) is 4. The van der Waals surface area contributed by atoms with Crippen LogP contribution in [0.1, 0.15) is 38.3 Å². The summed E-state index contributed by atoms with van der Waals surface area (Å²) in [7, 11) is 0. The van der Waals surface area contributed by atoms with Crippen LogP contribution in [0, 0.1) is 0 Å². The molecule has 1 unspecified atom stereocenters. The fourth-order valence-corrected chi connectivity index (χ4v) is 2.40. The predicted molar refractivity (Wildman–Crippen MR) is 77.3 cm³/mol. The van der Waals surface area contributed by atoms with E-state index in [4.69, 9.17) is 10.5 Å². The first-order chi connectivity index (χ1) is 9.70. The van der Waals surface area contributed by atoms with Crippen LogP contribution < -0.4 is 10.5 Å². The molecule has 20 heavy (non-hydrogen) atoms. The number of carbonyl (C=O) groups excluding carboxylic acids is 1. The van der Waals surface area contributed by atoms with Gasteiger partial charge in [0.1, 0.15) is 5.75 Å². The molecule has 2 heterocycles. The van der Waals surface area contributed by atoms with E-state index in [1.54, 1.807) is 19.2 Å². The summed E-state index contributed by atoms with van der Waals surface area (Å²) in [5.41, 5.74) is 6.31. The van der Waals surface area contributed by atoms with Crippen molar-refractivity contribution in [1.82, 2.24) is 9.88 Å².